The SMILES string of the molecule is CCCCC(C)CNC(=O)/C(C)=N/c1c(C)ncnc1N1CCc2ccccc21. The van der Waals surface area contributed by atoms with Crippen LogP contribution in [0.5, 0.6) is 0 Å². The smallest absolute Gasteiger partial charge is 0.265 e. The summed E-state index contributed by atoms with van der Waals surface area (Å²) in [5.41, 5.74) is 4.31. The Bertz CT molecular complexity index is 893. The van der Waals surface area contributed by atoms with Crippen LogP contribution in [0.25, 0.3) is 0 Å². The number of rotatable bonds is 8. The molecule has 1 aromatic carbocycles. The number of aliphatic imine (C=N–C) groups is 1. The molecule has 0 aliphatic carbocycles. The number of unbranched alkanes of at least 4 members (excludes halogenated alkanes) is 1. The average Bonchev–Trinajstić information content (AvgIpc) is 3.15. The van der Waals surface area contributed by atoms with E-state index in [9.17, 15) is 4.79 Å². The van der Waals surface area contributed by atoms with Gasteiger partial charge in [0.15, 0.2) is 5.82 Å². The highest BCUT2D eigenvalue weighted by atomic mass is 16.1. The van der Waals surface area contributed by atoms with Crippen LogP contribution in [0.4, 0.5) is 17.2 Å². The normalized spacial score (nSPS) is 14.6. The van der Waals surface area contributed by atoms with Gasteiger partial charge in [0.25, 0.3) is 5.91 Å². The first-order valence-corrected chi connectivity index (χ1v) is 10.5. The van der Waals surface area contributed by atoms with Crippen LogP contribution < -0.4 is 10.2 Å². The number of benzene rings is 1. The topological polar surface area (TPSA) is 70.5 Å². The molecule has 3 rings (SSSR count). The molecule has 1 N–H and O–H groups in total. The number of hydrogen-bond acceptors (Lipinski definition) is 5. The van der Waals surface area contributed by atoms with Gasteiger partial charge in [0, 0.05) is 18.8 Å². The molecule has 2 heterocycles. The maximum atomic E-state index is 12.6. The molecule has 29 heavy (non-hydrogen) atoms. The monoisotopic (exact) mass is 393 g/mol. The highest BCUT2D eigenvalue weighted by Crippen LogP contribution is 2.38. The minimum absolute atomic E-state index is 0.135. The van der Waals surface area contributed by atoms with Gasteiger partial charge in [0.1, 0.15) is 17.7 Å². The molecule has 154 valence electrons. The number of carbonyl (C=O) groups is 1. The zero-order valence-corrected chi connectivity index (χ0v) is 17.9. The fourth-order valence-electron chi connectivity index (χ4n) is 3.61. The number of aromatic nitrogens is 2. The van der Waals surface area contributed by atoms with Gasteiger partial charge in [0.2, 0.25) is 0 Å². The molecule has 1 aliphatic rings. The Hall–Kier alpha value is -2.76. The molecule has 6 nitrogen and oxygen atoms in total. The third-order valence-corrected chi connectivity index (χ3v) is 5.40. The maximum absolute atomic E-state index is 12.6. The minimum atomic E-state index is -0.135. The fourth-order valence-corrected chi connectivity index (χ4v) is 3.61. The van der Waals surface area contributed by atoms with Crippen molar-refractivity contribution in [1.29, 1.82) is 0 Å². The predicted octanol–water partition coefficient (Wildman–Crippen LogP) is 4.51. The van der Waals surface area contributed by atoms with Crippen LogP contribution in [0.2, 0.25) is 0 Å². The summed E-state index contributed by atoms with van der Waals surface area (Å²) in [6.07, 6.45) is 6.02. The predicted molar refractivity (Wildman–Crippen MR) is 118 cm³/mol. The van der Waals surface area contributed by atoms with Gasteiger partial charge in [-0.2, -0.15) is 0 Å². The van der Waals surface area contributed by atoms with Crippen molar-refractivity contribution in [2.45, 2.75) is 53.4 Å². The number of aryl methyl sites for hydroxylation is 1. The van der Waals surface area contributed by atoms with Crippen molar-refractivity contribution < 1.29 is 4.79 Å². The highest BCUT2D eigenvalue weighted by molar-refractivity contribution is 6.38. The lowest BCUT2D eigenvalue weighted by Crippen LogP contribution is -2.33. The third kappa shape index (κ3) is 5.00. The second kappa shape index (κ2) is 9.63. The van der Waals surface area contributed by atoms with E-state index in [0.717, 1.165) is 36.6 Å². The van der Waals surface area contributed by atoms with Gasteiger partial charge in [-0.05, 0) is 44.2 Å². The number of nitrogens with zero attached hydrogens (tertiary/aromatic N) is 4. The lowest BCUT2D eigenvalue weighted by atomic mass is 10.0. The van der Waals surface area contributed by atoms with Crippen molar-refractivity contribution in [3.05, 3.63) is 41.9 Å². The summed E-state index contributed by atoms with van der Waals surface area (Å²) >= 11 is 0. The second-order valence-electron chi connectivity index (χ2n) is 7.82. The van der Waals surface area contributed by atoms with E-state index in [2.05, 4.69) is 57.2 Å². The Kier molecular flexibility index (Phi) is 6.96. The van der Waals surface area contributed by atoms with Crippen LogP contribution in [0.1, 0.15) is 51.3 Å². The van der Waals surface area contributed by atoms with Crippen molar-refractivity contribution in [2.75, 3.05) is 18.0 Å². The molecule has 1 aliphatic heterocycles. The van der Waals surface area contributed by atoms with E-state index in [1.54, 1.807) is 13.3 Å². The van der Waals surface area contributed by atoms with Crippen molar-refractivity contribution in [2.24, 2.45) is 10.9 Å². The van der Waals surface area contributed by atoms with E-state index in [4.69, 9.17) is 0 Å². The van der Waals surface area contributed by atoms with Crippen molar-refractivity contribution in [1.82, 2.24) is 15.3 Å². The summed E-state index contributed by atoms with van der Waals surface area (Å²) in [5, 5.41) is 3.01. The van der Waals surface area contributed by atoms with E-state index >= 15 is 0 Å². The Morgan fingerprint density at radius 3 is 2.90 bits per heavy atom. The molecule has 0 spiro atoms. The van der Waals surface area contributed by atoms with Crippen LogP contribution in [0, 0.1) is 12.8 Å². The molecule has 6 heteroatoms. The summed E-state index contributed by atoms with van der Waals surface area (Å²) in [6.45, 7) is 9.52. The third-order valence-electron chi connectivity index (χ3n) is 5.40. The first-order valence-electron chi connectivity index (χ1n) is 10.5. The summed E-state index contributed by atoms with van der Waals surface area (Å²) in [5.74, 6) is 1.08. The number of hydrogen-bond donors (Lipinski definition) is 1. The zero-order chi connectivity index (χ0) is 20.8. The molecule has 2 aromatic rings. The number of nitrogens with one attached hydrogen (secondary N) is 1. The molecule has 0 bridgehead atoms. The van der Waals surface area contributed by atoms with Crippen molar-refractivity contribution in [3.63, 3.8) is 0 Å². The highest BCUT2D eigenvalue weighted by Gasteiger charge is 2.24. The number of fused-ring (bicyclic) bond motifs is 1. The number of amides is 1. The molecule has 1 atom stereocenters. The van der Waals surface area contributed by atoms with Crippen LogP contribution in [-0.2, 0) is 11.2 Å². The van der Waals surface area contributed by atoms with Gasteiger partial charge in [0.05, 0.1) is 5.69 Å². The molecule has 1 unspecified atom stereocenters. The number of carbonyl (C=O) groups excluding carboxylic acids is 1. The summed E-state index contributed by atoms with van der Waals surface area (Å²) < 4.78 is 0. The largest absolute Gasteiger partial charge is 0.351 e. The van der Waals surface area contributed by atoms with Gasteiger partial charge in [-0.15, -0.1) is 0 Å². The van der Waals surface area contributed by atoms with Gasteiger partial charge in [-0.3, -0.25) is 4.79 Å². The van der Waals surface area contributed by atoms with Crippen LogP contribution >= 0.6 is 0 Å². The molecular weight excluding hydrogens is 362 g/mol. The van der Waals surface area contributed by atoms with E-state index in [-0.39, 0.29) is 5.91 Å². The molecule has 0 saturated carbocycles. The standard InChI is InChI=1S/C23H31N5O/c1-5-6-9-16(2)14-24-23(29)18(4)27-21-17(3)25-15-26-22(21)28-13-12-19-10-7-8-11-20(19)28/h7-8,10-11,15-16H,5-6,9,12-14H2,1-4H3,(H,24,29)/b27-18+. The molecule has 1 amide bonds. The van der Waals surface area contributed by atoms with Gasteiger partial charge in [-0.25, -0.2) is 15.0 Å². The lowest BCUT2D eigenvalue weighted by molar-refractivity contribution is -0.115. The van der Waals surface area contributed by atoms with Gasteiger partial charge < -0.3 is 10.2 Å². The minimum Gasteiger partial charge on any atom is -0.351 e. The fraction of sp³-hybridized carbons (Fsp3) is 0.478. The van der Waals surface area contributed by atoms with E-state index in [1.807, 2.05) is 13.0 Å². The van der Waals surface area contributed by atoms with Crippen LogP contribution in [-0.4, -0.2) is 34.7 Å². The van der Waals surface area contributed by atoms with Gasteiger partial charge >= 0.3 is 0 Å². The Labute approximate surface area is 173 Å². The first-order chi connectivity index (χ1) is 14.0. The first kappa shape index (κ1) is 21.0. The summed E-state index contributed by atoms with van der Waals surface area (Å²) in [6, 6.07) is 8.34. The van der Waals surface area contributed by atoms with Crippen LogP contribution in [0.3, 0.4) is 0 Å². The molecule has 0 radical (unpaired) electrons. The number of anilines is 2. The Morgan fingerprint density at radius 2 is 2.10 bits per heavy atom. The molecule has 0 saturated heterocycles. The molecule has 0 fully saturated rings. The molecule has 1 aromatic heterocycles. The maximum Gasteiger partial charge on any atom is 0.265 e. The van der Waals surface area contributed by atoms with Gasteiger partial charge in [-0.1, -0.05) is 44.9 Å². The van der Waals surface area contributed by atoms with E-state index < -0.39 is 0 Å². The Morgan fingerprint density at radius 1 is 1.31 bits per heavy atom. The second-order valence-corrected chi connectivity index (χ2v) is 7.82. The van der Waals surface area contributed by atoms with Crippen molar-refractivity contribution >= 4 is 28.8 Å². The summed E-state index contributed by atoms with van der Waals surface area (Å²) in [4.78, 5) is 28.2. The zero-order valence-electron chi connectivity index (χ0n) is 17.9. The van der Waals surface area contributed by atoms with Crippen LogP contribution in [0.15, 0.2) is 35.6 Å². The Balaban J connectivity index is 1.80. The lowest BCUT2D eigenvalue weighted by Gasteiger charge is -2.20. The number of para-hydroxylation sites is 1. The van der Waals surface area contributed by atoms with E-state index in [1.165, 1.54) is 18.4 Å². The average molecular weight is 394 g/mol. The molecular formula is C23H31N5O. The quantitative estimate of drug-likeness (QED) is 0.670. The van der Waals surface area contributed by atoms with E-state index in [0.29, 0.717) is 23.9 Å². The summed E-state index contributed by atoms with van der Waals surface area (Å²) in [7, 11) is 0. The van der Waals surface area contributed by atoms with Crippen molar-refractivity contribution in [3.8, 4) is 0 Å².